The first-order chi connectivity index (χ1) is 11.4. The van der Waals surface area contributed by atoms with Crippen LogP contribution >= 0.6 is 0 Å². The number of rotatable bonds is 4. The topological polar surface area (TPSA) is 50.9 Å². The third-order valence-electron chi connectivity index (χ3n) is 3.50. The Hall–Kier alpha value is -2.67. The first-order valence-corrected chi connectivity index (χ1v) is 7.23. The van der Waals surface area contributed by atoms with Crippen LogP contribution in [-0.4, -0.2) is 32.2 Å². The molecular weight excluding hydrogens is 319 g/mol. The van der Waals surface area contributed by atoms with E-state index in [0.717, 1.165) is 21.5 Å². The summed E-state index contributed by atoms with van der Waals surface area (Å²) in [6, 6.07) is 14.6. The first-order valence-electron chi connectivity index (χ1n) is 7.23. The summed E-state index contributed by atoms with van der Waals surface area (Å²) in [4.78, 5) is 4.27. The molecule has 1 N–H and O–H groups in total. The minimum atomic E-state index is -4.66. The summed E-state index contributed by atoms with van der Waals surface area (Å²) in [5.74, 6) is 0. The summed E-state index contributed by atoms with van der Waals surface area (Å²) in [6.07, 6.45) is -4.00. The molecule has 0 aliphatic rings. The maximum Gasteiger partial charge on any atom is 0.416 e. The fourth-order valence-electron chi connectivity index (χ4n) is 2.27. The van der Waals surface area contributed by atoms with Crippen LogP contribution in [-0.2, 0) is 6.54 Å². The van der Waals surface area contributed by atoms with Gasteiger partial charge in [0.15, 0.2) is 6.10 Å². The van der Waals surface area contributed by atoms with Crippen molar-refractivity contribution in [3.8, 4) is 22.5 Å². The second-order valence-electron chi connectivity index (χ2n) is 5.28. The molecule has 1 aromatic carbocycles. The number of hydrogen-bond acceptors (Lipinski definition) is 3. The monoisotopic (exact) mass is 333 g/mol. The molecule has 0 amide bonds. The molecule has 3 aromatic rings. The molecule has 0 spiro atoms. The van der Waals surface area contributed by atoms with Gasteiger partial charge in [-0.05, 0) is 24.3 Å². The number of nitrogens with zero attached hydrogens (tertiary/aromatic N) is 3. The molecule has 1 unspecified atom stereocenters. The van der Waals surface area contributed by atoms with Gasteiger partial charge in [0.25, 0.3) is 0 Å². The van der Waals surface area contributed by atoms with E-state index in [2.05, 4.69) is 10.1 Å². The summed E-state index contributed by atoms with van der Waals surface area (Å²) in [7, 11) is 0. The maximum absolute atomic E-state index is 12.4. The highest BCUT2D eigenvalue weighted by Crippen LogP contribution is 2.25. The SMILES string of the molecule is OC(Cn1ccc(-c2cccc(-c3ccccn3)c2)n1)C(F)(F)F. The number of aliphatic hydroxyl groups is 1. The van der Waals surface area contributed by atoms with Crippen molar-refractivity contribution < 1.29 is 18.3 Å². The Balaban J connectivity index is 1.83. The molecule has 0 saturated carbocycles. The van der Waals surface area contributed by atoms with Crippen LogP contribution in [0, 0.1) is 0 Å². The van der Waals surface area contributed by atoms with Crippen molar-refractivity contribution >= 4 is 0 Å². The molecule has 24 heavy (non-hydrogen) atoms. The van der Waals surface area contributed by atoms with Gasteiger partial charge in [-0.25, -0.2) is 0 Å². The van der Waals surface area contributed by atoms with E-state index in [0.29, 0.717) is 5.69 Å². The number of pyridine rings is 1. The summed E-state index contributed by atoms with van der Waals surface area (Å²) >= 11 is 0. The van der Waals surface area contributed by atoms with Gasteiger partial charge >= 0.3 is 6.18 Å². The molecule has 4 nitrogen and oxygen atoms in total. The van der Waals surface area contributed by atoms with Gasteiger partial charge in [0, 0.05) is 23.5 Å². The predicted molar refractivity (Wildman–Crippen MR) is 83.0 cm³/mol. The van der Waals surface area contributed by atoms with Gasteiger partial charge in [0.2, 0.25) is 0 Å². The van der Waals surface area contributed by atoms with Gasteiger partial charge in [0.05, 0.1) is 17.9 Å². The molecule has 0 aliphatic heterocycles. The molecule has 1 atom stereocenters. The van der Waals surface area contributed by atoms with Crippen molar-refractivity contribution in [1.29, 1.82) is 0 Å². The fourth-order valence-corrected chi connectivity index (χ4v) is 2.27. The maximum atomic E-state index is 12.4. The molecule has 124 valence electrons. The van der Waals surface area contributed by atoms with Crippen molar-refractivity contribution in [1.82, 2.24) is 14.8 Å². The van der Waals surface area contributed by atoms with Crippen LogP contribution < -0.4 is 0 Å². The number of alkyl halides is 3. The minimum Gasteiger partial charge on any atom is -0.382 e. The van der Waals surface area contributed by atoms with Crippen LogP contribution in [0.2, 0.25) is 0 Å². The lowest BCUT2D eigenvalue weighted by molar-refractivity contribution is -0.208. The Morgan fingerprint density at radius 2 is 1.75 bits per heavy atom. The van der Waals surface area contributed by atoms with Crippen molar-refractivity contribution in [2.75, 3.05) is 0 Å². The molecule has 2 heterocycles. The van der Waals surface area contributed by atoms with E-state index >= 15 is 0 Å². The minimum absolute atomic E-state index is 0.530. The van der Waals surface area contributed by atoms with Gasteiger partial charge < -0.3 is 5.11 Å². The third-order valence-corrected chi connectivity index (χ3v) is 3.50. The van der Waals surface area contributed by atoms with E-state index in [1.54, 1.807) is 12.3 Å². The molecular formula is C17H14F3N3O. The zero-order valence-electron chi connectivity index (χ0n) is 12.5. The highest BCUT2D eigenvalue weighted by atomic mass is 19.4. The Bertz CT molecular complexity index is 815. The van der Waals surface area contributed by atoms with Crippen LogP contribution in [0.1, 0.15) is 0 Å². The Labute approximate surface area is 136 Å². The molecule has 3 rings (SSSR count). The molecule has 0 aliphatic carbocycles. The lowest BCUT2D eigenvalue weighted by Crippen LogP contribution is -2.32. The predicted octanol–water partition coefficient (Wildman–Crippen LogP) is 3.54. The Morgan fingerprint density at radius 3 is 2.42 bits per heavy atom. The first kappa shape index (κ1) is 16.2. The second-order valence-corrected chi connectivity index (χ2v) is 5.28. The van der Waals surface area contributed by atoms with Gasteiger partial charge in [-0.15, -0.1) is 0 Å². The van der Waals surface area contributed by atoms with Crippen molar-refractivity contribution in [3.05, 3.63) is 60.9 Å². The van der Waals surface area contributed by atoms with Crippen LogP contribution in [0.5, 0.6) is 0 Å². The largest absolute Gasteiger partial charge is 0.416 e. The lowest BCUT2D eigenvalue weighted by atomic mass is 10.1. The van der Waals surface area contributed by atoms with Crippen LogP contribution in [0.25, 0.3) is 22.5 Å². The van der Waals surface area contributed by atoms with E-state index < -0.39 is 18.8 Å². The van der Waals surface area contributed by atoms with Crippen LogP contribution in [0.4, 0.5) is 13.2 Å². The van der Waals surface area contributed by atoms with E-state index in [4.69, 9.17) is 5.11 Å². The van der Waals surface area contributed by atoms with Crippen molar-refractivity contribution in [2.45, 2.75) is 18.8 Å². The van der Waals surface area contributed by atoms with E-state index in [9.17, 15) is 13.2 Å². The molecule has 2 aromatic heterocycles. The standard InChI is InChI=1S/C17H14F3N3O/c18-17(19,20)16(24)11-23-9-7-15(22-23)13-5-3-4-12(10-13)14-6-1-2-8-21-14/h1-10,16,24H,11H2. The van der Waals surface area contributed by atoms with Crippen molar-refractivity contribution in [2.24, 2.45) is 0 Å². The highest BCUT2D eigenvalue weighted by Gasteiger charge is 2.38. The zero-order valence-corrected chi connectivity index (χ0v) is 12.5. The lowest BCUT2D eigenvalue weighted by Gasteiger charge is -2.14. The summed E-state index contributed by atoms with van der Waals surface area (Å²) in [6.45, 7) is -0.635. The Kier molecular flexibility index (Phi) is 4.35. The third kappa shape index (κ3) is 3.62. The zero-order chi connectivity index (χ0) is 17.2. The number of aliphatic hydroxyl groups excluding tert-OH is 1. The smallest absolute Gasteiger partial charge is 0.382 e. The molecule has 7 heteroatoms. The fraction of sp³-hybridized carbons (Fsp3) is 0.176. The van der Waals surface area contributed by atoms with Crippen molar-refractivity contribution in [3.63, 3.8) is 0 Å². The number of aromatic nitrogens is 3. The second kappa shape index (κ2) is 6.45. The van der Waals surface area contributed by atoms with Gasteiger partial charge in [-0.2, -0.15) is 18.3 Å². The summed E-state index contributed by atoms with van der Waals surface area (Å²) < 4.78 is 38.3. The number of hydrogen-bond donors (Lipinski definition) is 1. The van der Waals surface area contributed by atoms with Crippen LogP contribution in [0.15, 0.2) is 60.9 Å². The van der Waals surface area contributed by atoms with E-state index in [1.165, 1.54) is 6.20 Å². The molecule has 0 saturated heterocycles. The van der Waals surface area contributed by atoms with Crippen LogP contribution in [0.3, 0.4) is 0 Å². The average Bonchev–Trinajstić information content (AvgIpc) is 3.03. The summed E-state index contributed by atoms with van der Waals surface area (Å²) in [5.41, 5.74) is 2.98. The van der Waals surface area contributed by atoms with Gasteiger partial charge in [0.1, 0.15) is 0 Å². The highest BCUT2D eigenvalue weighted by molar-refractivity contribution is 5.69. The van der Waals surface area contributed by atoms with Gasteiger partial charge in [-0.3, -0.25) is 9.67 Å². The normalized spacial score (nSPS) is 13.0. The molecule has 0 fully saturated rings. The average molecular weight is 333 g/mol. The number of benzene rings is 1. The van der Waals surface area contributed by atoms with Gasteiger partial charge in [-0.1, -0.05) is 24.3 Å². The quantitative estimate of drug-likeness (QED) is 0.794. The molecule has 0 bridgehead atoms. The molecule has 0 radical (unpaired) electrons. The van der Waals surface area contributed by atoms with E-state index in [-0.39, 0.29) is 0 Å². The summed E-state index contributed by atoms with van der Waals surface area (Å²) in [5, 5.41) is 13.2. The Morgan fingerprint density at radius 1 is 1.00 bits per heavy atom. The van der Waals surface area contributed by atoms with E-state index in [1.807, 2.05) is 42.5 Å². The number of halogens is 3.